The van der Waals surface area contributed by atoms with E-state index in [9.17, 15) is 15.4 Å². The third kappa shape index (κ3) is 1.53. The van der Waals surface area contributed by atoms with Crippen LogP contribution < -0.4 is 9.47 Å². The molecule has 0 unspecified atom stereocenters. The van der Waals surface area contributed by atoms with E-state index >= 15 is 0 Å². The summed E-state index contributed by atoms with van der Waals surface area (Å²) < 4.78 is 10.6. The standard InChI is InChI=1S/C16H19NO5/c18-11-3-8-1-2-17(20)6-9-4-12-13(22-7-21-12)5-10(9)14(15(8)17)16(11)19/h4-5,8,11,14-16,18-19H,1-3,6-7H2/t8-,11-,14+,15-,16-,17+/m1/s1. The third-order valence-corrected chi connectivity index (χ3v) is 6.01. The Morgan fingerprint density at radius 3 is 2.77 bits per heavy atom. The Morgan fingerprint density at radius 2 is 1.95 bits per heavy atom. The highest BCUT2D eigenvalue weighted by Gasteiger charge is 2.58. The number of rotatable bonds is 0. The van der Waals surface area contributed by atoms with Gasteiger partial charge in [-0.3, -0.25) is 0 Å². The van der Waals surface area contributed by atoms with Crippen molar-refractivity contribution in [1.29, 1.82) is 0 Å². The molecule has 0 amide bonds. The average Bonchev–Trinajstić information content (AvgIpc) is 3.06. The van der Waals surface area contributed by atoms with Gasteiger partial charge < -0.3 is 29.5 Å². The normalized spacial score (nSPS) is 44.6. The number of hydrogen-bond acceptors (Lipinski definition) is 5. The number of hydroxylamine groups is 3. The minimum atomic E-state index is -0.884. The van der Waals surface area contributed by atoms with Crippen molar-refractivity contribution < 1.29 is 24.3 Å². The van der Waals surface area contributed by atoms with Crippen LogP contribution in [-0.2, 0) is 6.54 Å². The van der Waals surface area contributed by atoms with Crippen LogP contribution >= 0.6 is 0 Å². The maximum atomic E-state index is 13.3. The van der Waals surface area contributed by atoms with Crippen LogP contribution in [0.2, 0.25) is 0 Å². The first-order valence-electron chi connectivity index (χ1n) is 7.93. The molecule has 1 saturated carbocycles. The smallest absolute Gasteiger partial charge is 0.231 e. The molecule has 1 aliphatic carbocycles. The van der Waals surface area contributed by atoms with E-state index in [2.05, 4.69) is 0 Å². The fourth-order valence-corrected chi connectivity index (χ4v) is 5.11. The Labute approximate surface area is 128 Å². The summed E-state index contributed by atoms with van der Waals surface area (Å²) in [6.45, 7) is 1.18. The van der Waals surface area contributed by atoms with E-state index in [0.29, 0.717) is 31.0 Å². The lowest BCUT2D eigenvalue weighted by Crippen LogP contribution is -2.60. The molecule has 0 aromatic heterocycles. The molecule has 2 fully saturated rings. The summed E-state index contributed by atoms with van der Waals surface area (Å²) in [6, 6.07) is 3.64. The van der Waals surface area contributed by atoms with E-state index in [4.69, 9.17) is 9.47 Å². The van der Waals surface area contributed by atoms with E-state index in [1.165, 1.54) is 0 Å². The number of hydrogen-bond donors (Lipinski definition) is 2. The first-order chi connectivity index (χ1) is 10.6. The predicted octanol–water partition coefficient (Wildman–Crippen LogP) is 0.841. The highest BCUT2D eigenvalue weighted by atomic mass is 16.7. The van der Waals surface area contributed by atoms with Crippen LogP contribution in [0.3, 0.4) is 0 Å². The predicted molar refractivity (Wildman–Crippen MR) is 76.0 cm³/mol. The molecule has 6 heteroatoms. The minimum absolute atomic E-state index is 0.147. The molecule has 0 bridgehead atoms. The molecule has 6 nitrogen and oxygen atoms in total. The van der Waals surface area contributed by atoms with Gasteiger partial charge in [-0.05, 0) is 24.1 Å². The van der Waals surface area contributed by atoms with Crippen molar-refractivity contribution in [1.82, 2.24) is 0 Å². The summed E-state index contributed by atoms with van der Waals surface area (Å²) in [4.78, 5) is 0. The summed E-state index contributed by atoms with van der Waals surface area (Å²) in [5.41, 5.74) is 1.88. The quantitative estimate of drug-likeness (QED) is 0.548. The minimum Gasteiger partial charge on any atom is -0.632 e. The zero-order valence-electron chi connectivity index (χ0n) is 12.1. The van der Waals surface area contributed by atoms with Crippen LogP contribution in [0, 0.1) is 11.1 Å². The monoisotopic (exact) mass is 305 g/mol. The summed E-state index contributed by atoms with van der Waals surface area (Å²) in [6.07, 6.45) is -0.279. The highest BCUT2D eigenvalue weighted by Crippen LogP contribution is 2.54. The Bertz CT molecular complexity index is 650. The van der Waals surface area contributed by atoms with E-state index < -0.39 is 12.2 Å². The lowest BCUT2D eigenvalue weighted by Gasteiger charge is -2.55. The fraction of sp³-hybridized carbons (Fsp3) is 0.625. The summed E-state index contributed by atoms with van der Waals surface area (Å²) in [5, 5.41) is 34.1. The van der Waals surface area contributed by atoms with E-state index in [1.807, 2.05) is 12.1 Å². The first-order valence-corrected chi connectivity index (χ1v) is 7.93. The molecule has 1 aromatic rings. The second kappa shape index (κ2) is 4.14. The lowest BCUT2D eigenvalue weighted by molar-refractivity contribution is -0.913. The van der Waals surface area contributed by atoms with Gasteiger partial charge in [0.2, 0.25) is 6.79 Å². The largest absolute Gasteiger partial charge is 0.632 e. The van der Waals surface area contributed by atoms with Gasteiger partial charge >= 0.3 is 0 Å². The van der Waals surface area contributed by atoms with Gasteiger partial charge in [0.1, 0.15) is 12.6 Å². The molecule has 4 aliphatic rings. The van der Waals surface area contributed by atoms with E-state index in [1.54, 1.807) is 0 Å². The van der Waals surface area contributed by atoms with Gasteiger partial charge in [0.15, 0.2) is 11.5 Å². The number of aliphatic hydroxyl groups is 2. The Balaban J connectivity index is 1.70. The summed E-state index contributed by atoms with van der Waals surface area (Å²) in [7, 11) is 0. The van der Waals surface area contributed by atoms with Crippen molar-refractivity contribution in [2.45, 2.75) is 43.6 Å². The topological polar surface area (TPSA) is 82.0 Å². The van der Waals surface area contributed by atoms with Crippen LogP contribution in [0.4, 0.5) is 0 Å². The molecule has 2 N–H and O–H groups in total. The second-order valence-electron chi connectivity index (χ2n) is 7.10. The molecule has 3 heterocycles. The average molecular weight is 305 g/mol. The van der Waals surface area contributed by atoms with Gasteiger partial charge in [-0.1, -0.05) is 0 Å². The van der Waals surface area contributed by atoms with Gasteiger partial charge in [0.05, 0.1) is 24.7 Å². The first kappa shape index (κ1) is 13.1. The Kier molecular flexibility index (Phi) is 2.47. The Morgan fingerprint density at radius 1 is 1.18 bits per heavy atom. The van der Waals surface area contributed by atoms with Crippen LogP contribution in [0.5, 0.6) is 11.5 Å². The molecule has 0 radical (unpaired) electrons. The summed E-state index contributed by atoms with van der Waals surface area (Å²) >= 11 is 0. The van der Waals surface area contributed by atoms with Crippen molar-refractivity contribution in [3.05, 3.63) is 28.5 Å². The third-order valence-electron chi connectivity index (χ3n) is 6.01. The molecule has 0 spiro atoms. The molecular formula is C16H19NO5. The van der Waals surface area contributed by atoms with Crippen LogP contribution in [-0.4, -0.2) is 46.4 Å². The van der Waals surface area contributed by atoms with Crippen molar-refractivity contribution in [2.24, 2.45) is 5.92 Å². The summed E-state index contributed by atoms with van der Waals surface area (Å²) in [5.74, 6) is 1.23. The number of aliphatic hydroxyl groups excluding tert-OH is 2. The maximum Gasteiger partial charge on any atom is 0.231 e. The van der Waals surface area contributed by atoms with Gasteiger partial charge in [-0.15, -0.1) is 0 Å². The van der Waals surface area contributed by atoms with Gasteiger partial charge in [-0.25, -0.2) is 0 Å². The molecule has 3 aliphatic heterocycles. The number of nitrogens with zero attached hydrogens (tertiary/aromatic N) is 1. The van der Waals surface area contributed by atoms with E-state index in [-0.39, 0.29) is 29.3 Å². The highest BCUT2D eigenvalue weighted by molar-refractivity contribution is 5.51. The number of benzene rings is 1. The molecular weight excluding hydrogens is 286 g/mol. The van der Waals surface area contributed by atoms with Gasteiger partial charge in [-0.2, -0.15) is 0 Å². The molecule has 1 saturated heterocycles. The SMILES string of the molecule is [O-][N@@+]12CC[C@@H]3C[C@@H](O)[C@@H](O)[C@@H](c4cc5c(cc4C1)OCO5)[C@@H]32. The lowest BCUT2D eigenvalue weighted by atomic mass is 9.68. The molecule has 5 rings (SSSR count). The number of quaternary nitrogens is 1. The van der Waals surface area contributed by atoms with Gasteiger partial charge in [0, 0.05) is 17.9 Å². The van der Waals surface area contributed by atoms with Crippen molar-refractivity contribution in [2.75, 3.05) is 13.3 Å². The zero-order chi connectivity index (χ0) is 15.1. The van der Waals surface area contributed by atoms with Crippen LogP contribution in [0.1, 0.15) is 29.9 Å². The second-order valence-corrected chi connectivity index (χ2v) is 7.10. The fourth-order valence-electron chi connectivity index (χ4n) is 5.11. The number of fused-ring (bicyclic) bond motifs is 3. The van der Waals surface area contributed by atoms with Crippen molar-refractivity contribution in [3.63, 3.8) is 0 Å². The molecule has 1 aromatic carbocycles. The van der Waals surface area contributed by atoms with Crippen molar-refractivity contribution >= 4 is 0 Å². The molecule has 118 valence electrons. The Hall–Kier alpha value is -1.34. The number of ether oxygens (including phenoxy) is 2. The molecule has 6 atom stereocenters. The van der Waals surface area contributed by atoms with Crippen LogP contribution in [0.25, 0.3) is 0 Å². The maximum absolute atomic E-state index is 13.3. The van der Waals surface area contributed by atoms with Crippen LogP contribution in [0.15, 0.2) is 12.1 Å². The zero-order valence-corrected chi connectivity index (χ0v) is 12.1. The molecule has 22 heavy (non-hydrogen) atoms. The van der Waals surface area contributed by atoms with Gasteiger partial charge in [0.25, 0.3) is 0 Å². The van der Waals surface area contributed by atoms with E-state index in [0.717, 1.165) is 17.5 Å². The van der Waals surface area contributed by atoms with Crippen molar-refractivity contribution in [3.8, 4) is 11.5 Å².